The second-order valence-corrected chi connectivity index (χ2v) is 8.22. The van der Waals surface area contributed by atoms with Gasteiger partial charge in [-0.2, -0.15) is 5.10 Å². The molecule has 0 saturated heterocycles. The molecule has 1 aromatic rings. The lowest BCUT2D eigenvalue weighted by Crippen LogP contribution is -2.39. The molecule has 2 amide bonds. The lowest BCUT2D eigenvalue weighted by Gasteiger charge is -2.19. The zero-order valence-corrected chi connectivity index (χ0v) is 16.6. The van der Waals surface area contributed by atoms with Crippen LogP contribution in [0.4, 0.5) is 0 Å². The van der Waals surface area contributed by atoms with E-state index < -0.39 is 6.04 Å². The predicted molar refractivity (Wildman–Crippen MR) is 106 cm³/mol. The monoisotopic (exact) mass is 374 g/mol. The maximum Gasteiger partial charge on any atom is 0.271 e. The van der Waals surface area contributed by atoms with Crippen LogP contribution in [-0.4, -0.2) is 33.7 Å². The molecule has 2 saturated carbocycles. The largest absolute Gasteiger partial charge is 0.352 e. The number of nitrogens with one attached hydrogen (secondary N) is 2. The third-order valence-corrected chi connectivity index (χ3v) is 6.01. The Morgan fingerprint density at radius 1 is 0.926 bits per heavy atom. The topological polar surface area (TPSA) is 76.0 Å². The summed E-state index contributed by atoms with van der Waals surface area (Å²) in [4.78, 5) is 25.1. The molecule has 0 spiro atoms. The molecule has 2 aliphatic rings. The molecule has 2 fully saturated rings. The maximum atomic E-state index is 12.6. The van der Waals surface area contributed by atoms with E-state index in [-0.39, 0.29) is 23.9 Å². The van der Waals surface area contributed by atoms with Crippen molar-refractivity contribution in [3.8, 4) is 0 Å². The number of carbonyl (C=O) groups excluding carboxylic acids is 2. The van der Waals surface area contributed by atoms with Crippen molar-refractivity contribution >= 4 is 11.8 Å². The van der Waals surface area contributed by atoms with Gasteiger partial charge in [-0.05, 0) is 38.7 Å². The van der Waals surface area contributed by atoms with Crippen LogP contribution in [0.25, 0.3) is 0 Å². The molecular weight excluding hydrogens is 340 g/mol. The molecule has 1 heterocycles. The third-order valence-electron chi connectivity index (χ3n) is 6.01. The number of hydrogen-bond acceptors (Lipinski definition) is 3. The fraction of sp³-hybridized carbons (Fsp3) is 0.762. The van der Waals surface area contributed by atoms with Gasteiger partial charge in [-0.1, -0.05) is 51.4 Å². The first kappa shape index (κ1) is 19.9. The van der Waals surface area contributed by atoms with Crippen LogP contribution in [0.1, 0.15) is 101 Å². The van der Waals surface area contributed by atoms with E-state index in [9.17, 15) is 9.59 Å². The molecule has 0 unspecified atom stereocenters. The first-order valence-corrected chi connectivity index (χ1v) is 10.8. The smallest absolute Gasteiger partial charge is 0.271 e. The molecule has 3 rings (SSSR count). The highest BCUT2D eigenvalue weighted by molar-refractivity contribution is 5.92. The van der Waals surface area contributed by atoms with Gasteiger partial charge < -0.3 is 10.6 Å². The minimum Gasteiger partial charge on any atom is -0.352 e. The summed E-state index contributed by atoms with van der Waals surface area (Å²) in [5, 5.41) is 10.7. The summed E-state index contributed by atoms with van der Waals surface area (Å²) in [6, 6.07) is 1.83. The molecule has 1 aromatic heterocycles. The van der Waals surface area contributed by atoms with Gasteiger partial charge in [0.25, 0.3) is 5.91 Å². The van der Waals surface area contributed by atoms with Crippen LogP contribution in [-0.2, 0) is 4.79 Å². The van der Waals surface area contributed by atoms with Crippen LogP contribution in [0, 0.1) is 0 Å². The van der Waals surface area contributed by atoms with Crippen LogP contribution in [0.3, 0.4) is 0 Å². The van der Waals surface area contributed by atoms with Crippen LogP contribution < -0.4 is 10.6 Å². The van der Waals surface area contributed by atoms with Crippen molar-refractivity contribution < 1.29 is 9.59 Å². The Morgan fingerprint density at radius 2 is 1.44 bits per heavy atom. The maximum absolute atomic E-state index is 12.6. The van der Waals surface area contributed by atoms with Gasteiger partial charge in [-0.25, -0.2) is 0 Å². The van der Waals surface area contributed by atoms with E-state index >= 15 is 0 Å². The number of rotatable bonds is 5. The summed E-state index contributed by atoms with van der Waals surface area (Å²) in [6.45, 7) is 1.84. The fourth-order valence-corrected chi connectivity index (χ4v) is 4.22. The van der Waals surface area contributed by atoms with E-state index in [1.807, 2.05) is 6.92 Å². The van der Waals surface area contributed by atoms with Crippen molar-refractivity contribution in [2.75, 3.05) is 0 Å². The number of hydrogen-bond donors (Lipinski definition) is 2. The molecule has 0 bridgehead atoms. The summed E-state index contributed by atoms with van der Waals surface area (Å²) in [5.41, 5.74) is 0.397. The molecule has 2 aliphatic carbocycles. The van der Waals surface area contributed by atoms with Gasteiger partial charge in [0.2, 0.25) is 5.91 Å². The highest BCUT2D eigenvalue weighted by atomic mass is 16.2. The second kappa shape index (κ2) is 9.90. The molecule has 0 radical (unpaired) electrons. The minimum absolute atomic E-state index is 0.0132. The summed E-state index contributed by atoms with van der Waals surface area (Å²) in [5.74, 6) is -0.141. The first-order chi connectivity index (χ1) is 13.1. The number of nitrogens with zero attached hydrogens (tertiary/aromatic N) is 2. The summed E-state index contributed by atoms with van der Waals surface area (Å²) in [6.07, 6.45) is 15.7. The molecule has 150 valence electrons. The average molecular weight is 375 g/mol. The van der Waals surface area contributed by atoms with E-state index in [4.69, 9.17) is 0 Å². The second-order valence-electron chi connectivity index (χ2n) is 8.22. The van der Waals surface area contributed by atoms with Crippen molar-refractivity contribution in [3.05, 3.63) is 18.0 Å². The van der Waals surface area contributed by atoms with E-state index in [0.29, 0.717) is 5.69 Å². The Balaban J connectivity index is 1.53. The predicted octanol–water partition coefficient (Wildman–Crippen LogP) is 3.74. The van der Waals surface area contributed by atoms with Gasteiger partial charge in [-0.3, -0.25) is 14.3 Å². The Hall–Kier alpha value is -1.85. The van der Waals surface area contributed by atoms with Crippen molar-refractivity contribution in [3.63, 3.8) is 0 Å². The lowest BCUT2D eigenvalue weighted by molar-refractivity contribution is -0.124. The van der Waals surface area contributed by atoms with Gasteiger partial charge >= 0.3 is 0 Å². The first-order valence-electron chi connectivity index (χ1n) is 10.8. The lowest BCUT2D eigenvalue weighted by atomic mass is 10.1. The van der Waals surface area contributed by atoms with Crippen LogP contribution >= 0.6 is 0 Å². The van der Waals surface area contributed by atoms with Gasteiger partial charge in [0.1, 0.15) is 11.7 Å². The molecular formula is C21H34N4O2. The fourth-order valence-electron chi connectivity index (χ4n) is 4.22. The molecule has 6 heteroatoms. The van der Waals surface area contributed by atoms with Crippen LogP contribution in [0.2, 0.25) is 0 Å². The number of aromatic nitrogens is 2. The van der Waals surface area contributed by atoms with E-state index in [1.54, 1.807) is 16.9 Å². The molecule has 1 atom stereocenters. The average Bonchev–Trinajstić information content (AvgIpc) is 2.83. The van der Waals surface area contributed by atoms with Gasteiger partial charge in [-0.15, -0.1) is 0 Å². The van der Waals surface area contributed by atoms with Gasteiger partial charge in [0.05, 0.1) is 0 Å². The van der Waals surface area contributed by atoms with E-state index in [2.05, 4.69) is 15.7 Å². The Labute approximate surface area is 162 Å². The Bertz CT molecular complexity index is 611. The number of amides is 2. The normalized spacial score (nSPS) is 21.1. The summed E-state index contributed by atoms with van der Waals surface area (Å²) in [7, 11) is 0. The zero-order valence-electron chi connectivity index (χ0n) is 16.6. The van der Waals surface area contributed by atoms with Gasteiger partial charge in [0, 0.05) is 18.3 Å². The molecule has 0 aliphatic heterocycles. The van der Waals surface area contributed by atoms with E-state index in [1.165, 1.54) is 51.4 Å². The van der Waals surface area contributed by atoms with Crippen molar-refractivity contribution in [2.45, 2.75) is 102 Å². The standard InChI is InChI=1S/C21H34N4O2/c1-16(20(26)22-17-10-6-2-3-7-11-17)25-15-14-19(24-25)21(27)23-18-12-8-4-5-9-13-18/h14-18H,2-13H2,1H3,(H,22,26)(H,23,27)/t16-/m1/s1. The molecule has 6 nitrogen and oxygen atoms in total. The molecule has 27 heavy (non-hydrogen) atoms. The van der Waals surface area contributed by atoms with Gasteiger partial charge in [0.15, 0.2) is 0 Å². The minimum atomic E-state index is -0.410. The molecule has 0 aromatic carbocycles. The zero-order chi connectivity index (χ0) is 19.1. The summed E-state index contributed by atoms with van der Waals surface area (Å²) < 4.78 is 1.61. The Kier molecular flexibility index (Phi) is 7.30. The highest BCUT2D eigenvalue weighted by Gasteiger charge is 2.22. The van der Waals surface area contributed by atoms with Crippen molar-refractivity contribution in [2.24, 2.45) is 0 Å². The summed E-state index contributed by atoms with van der Waals surface area (Å²) >= 11 is 0. The van der Waals surface area contributed by atoms with Crippen LogP contribution in [0.5, 0.6) is 0 Å². The highest BCUT2D eigenvalue weighted by Crippen LogP contribution is 2.19. The van der Waals surface area contributed by atoms with E-state index in [0.717, 1.165) is 25.7 Å². The Morgan fingerprint density at radius 3 is 2.00 bits per heavy atom. The van der Waals surface area contributed by atoms with Crippen LogP contribution in [0.15, 0.2) is 12.3 Å². The molecule has 2 N–H and O–H groups in total. The quantitative estimate of drug-likeness (QED) is 0.771. The number of carbonyl (C=O) groups is 2. The third kappa shape index (κ3) is 5.81. The van der Waals surface area contributed by atoms with Crippen molar-refractivity contribution in [1.82, 2.24) is 20.4 Å². The van der Waals surface area contributed by atoms with Crippen molar-refractivity contribution in [1.29, 1.82) is 0 Å². The SMILES string of the molecule is C[C@H](C(=O)NC1CCCCCC1)n1ccc(C(=O)NC2CCCCCC2)n1.